The van der Waals surface area contributed by atoms with E-state index in [0.717, 1.165) is 32.1 Å². The van der Waals surface area contributed by atoms with Crippen molar-refractivity contribution in [1.29, 1.82) is 0 Å². The first-order valence-electron chi connectivity index (χ1n) is 9.72. The van der Waals surface area contributed by atoms with Gasteiger partial charge in [-0.05, 0) is 43.1 Å². The molecule has 0 spiro atoms. The molecule has 158 valence electrons. The van der Waals surface area contributed by atoms with Crippen LogP contribution >= 0.6 is 0 Å². The van der Waals surface area contributed by atoms with E-state index in [1.165, 1.54) is 24.8 Å². The van der Waals surface area contributed by atoms with E-state index < -0.39 is 15.8 Å². The number of sulfonamides is 1. The Balaban J connectivity index is 1.42. The monoisotopic (exact) mass is 422 g/mol. The molecule has 1 fully saturated rings. The van der Waals surface area contributed by atoms with Crippen LogP contribution in [0.3, 0.4) is 0 Å². The van der Waals surface area contributed by atoms with E-state index in [-0.39, 0.29) is 16.7 Å². The summed E-state index contributed by atoms with van der Waals surface area (Å²) in [5, 5.41) is 0. The number of nitrogens with one attached hydrogen (secondary N) is 1. The first-order chi connectivity index (χ1) is 14.0. The van der Waals surface area contributed by atoms with Gasteiger partial charge in [0.1, 0.15) is 0 Å². The van der Waals surface area contributed by atoms with Crippen molar-refractivity contribution < 1.29 is 22.3 Å². The molecule has 1 atom stereocenters. The highest BCUT2D eigenvalue weighted by molar-refractivity contribution is 7.89. The molecule has 0 saturated carbocycles. The number of benzene rings is 2. The molecule has 3 rings (SSSR count). The Bertz CT molecular complexity index is 893. The van der Waals surface area contributed by atoms with Crippen LogP contribution < -0.4 is 9.46 Å². The SMILES string of the molecule is COc1ccc(S(=O)(=O)NCCCCN2CCOC(c3ccccc3)C2)cc1F. The summed E-state index contributed by atoms with van der Waals surface area (Å²) < 4.78 is 51.6. The van der Waals surface area contributed by atoms with Gasteiger partial charge in [-0.1, -0.05) is 30.3 Å². The zero-order valence-electron chi connectivity index (χ0n) is 16.5. The van der Waals surface area contributed by atoms with Crippen molar-refractivity contribution in [2.24, 2.45) is 0 Å². The van der Waals surface area contributed by atoms with Crippen molar-refractivity contribution >= 4 is 10.0 Å². The van der Waals surface area contributed by atoms with Crippen LogP contribution in [0, 0.1) is 5.82 Å². The van der Waals surface area contributed by atoms with Gasteiger partial charge in [-0.2, -0.15) is 0 Å². The normalized spacial score (nSPS) is 17.9. The van der Waals surface area contributed by atoms with Crippen LogP contribution in [0.25, 0.3) is 0 Å². The topological polar surface area (TPSA) is 67.9 Å². The minimum Gasteiger partial charge on any atom is -0.494 e. The van der Waals surface area contributed by atoms with Crippen molar-refractivity contribution in [2.75, 3.05) is 39.9 Å². The molecule has 1 aliphatic rings. The molecule has 1 aliphatic heterocycles. The molecule has 1 saturated heterocycles. The Morgan fingerprint density at radius 2 is 2.00 bits per heavy atom. The van der Waals surface area contributed by atoms with Gasteiger partial charge in [0.15, 0.2) is 11.6 Å². The summed E-state index contributed by atoms with van der Waals surface area (Å²) in [6.45, 7) is 3.59. The third-order valence-electron chi connectivity index (χ3n) is 4.95. The van der Waals surface area contributed by atoms with E-state index in [1.54, 1.807) is 0 Å². The number of ether oxygens (including phenoxy) is 2. The lowest BCUT2D eigenvalue weighted by Crippen LogP contribution is -2.39. The summed E-state index contributed by atoms with van der Waals surface area (Å²) in [4.78, 5) is 2.24. The van der Waals surface area contributed by atoms with Gasteiger partial charge in [0, 0.05) is 19.6 Å². The van der Waals surface area contributed by atoms with Crippen LogP contribution in [0.15, 0.2) is 53.4 Å². The number of methoxy groups -OCH3 is 1. The maximum Gasteiger partial charge on any atom is 0.240 e. The third kappa shape index (κ3) is 5.99. The molecule has 0 amide bonds. The van der Waals surface area contributed by atoms with Crippen LogP contribution in [0.4, 0.5) is 4.39 Å². The molecule has 2 aromatic rings. The maximum absolute atomic E-state index is 13.8. The molecule has 0 aliphatic carbocycles. The van der Waals surface area contributed by atoms with Gasteiger partial charge >= 0.3 is 0 Å². The molecule has 2 aromatic carbocycles. The third-order valence-corrected chi connectivity index (χ3v) is 6.41. The van der Waals surface area contributed by atoms with Crippen molar-refractivity contribution in [2.45, 2.75) is 23.8 Å². The van der Waals surface area contributed by atoms with Gasteiger partial charge in [-0.25, -0.2) is 17.5 Å². The lowest BCUT2D eigenvalue weighted by Gasteiger charge is -2.33. The number of nitrogens with zero attached hydrogens (tertiary/aromatic N) is 1. The largest absolute Gasteiger partial charge is 0.494 e. The van der Waals surface area contributed by atoms with Crippen LogP contribution in [-0.2, 0) is 14.8 Å². The highest BCUT2D eigenvalue weighted by atomic mass is 32.2. The summed E-state index contributed by atoms with van der Waals surface area (Å²) >= 11 is 0. The minimum atomic E-state index is -3.74. The standard InChI is InChI=1S/C21H27FN2O4S/c1-27-20-10-9-18(15-19(20)22)29(25,26)23-11-5-6-12-24-13-14-28-21(16-24)17-7-3-2-4-8-17/h2-4,7-10,15,21,23H,5-6,11-14,16H2,1H3. The lowest BCUT2D eigenvalue weighted by molar-refractivity contribution is -0.0303. The molecule has 0 aromatic heterocycles. The average Bonchev–Trinajstić information content (AvgIpc) is 2.74. The summed E-state index contributed by atoms with van der Waals surface area (Å²) in [6, 6.07) is 13.8. The Morgan fingerprint density at radius 3 is 2.72 bits per heavy atom. The molecule has 0 bridgehead atoms. The highest BCUT2D eigenvalue weighted by Gasteiger charge is 2.21. The predicted molar refractivity (Wildman–Crippen MR) is 109 cm³/mol. The van der Waals surface area contributed by atoms with Gasteiger partial charge in [0.2, 0.25) is 10.0 Å². The van der Waals surface area contributed by atoms with Crippen LogP contribution in [0.1, 0.15) is 24.5 Å². The first-order valence-corrected chi connectivity index (χ1v) is 11.2. The highest BCUT2D eigenvalue weighted by Crippen LogP contribution is 2.22. The number of halogens is 1. The fraction of sp³-hybridized carbons (Fsp3) is 0.429. The predicted octanol–water partition coefficient (Wildman–Crippen LogP) is 2.97. The number of rotatable bonds is 9. The van der Waals surface area contributed by atoms with Crippen molar-refractivity contribution in [3.05, 3.63) is 59.9 Å². The molecular formula is C21H27FN2O4S. The van der Waals surface area contributed by atoms with Crippen LogP contribution in [0.5, 0.6) is 5.75 Å². The zero-order valence-corrected chi connectivity index (χ0v) is 17.3. The van der Waals surface area contributed by atoms with Gasteiger partial charge in [0.05, 0.1) is 24.7 Å². The molecule has 0 radical (unpaired) electrons. The Hall–Kier alpha value is -2.00. The molecule has 29 heavy (non-hydrogen) atoms. The van der Waals surface area contributed by atoms with Gasteiger partial charge in [-0.15, -0.1) is 0 Å². The molecule has 8 heteroatoms. The van der Waals surface area contributed by atoms with Gasteiger partial charge < -0.3 is 9.47 Å². The van der Waals surface area contributed by atoms with Crippen molar-refractivity contribution in [3.63, 3.8) is 0 Å². The van der Waals surface area contributed by atoms with Crippen molar-refractivity contribution in [3.8, 4) is 5.75 Å². The van der Waals surface area contributed by atoms with Crippen LogP contribution in [0.2, 0.25) is 0 Å². The van der Waals surface area contributed by atoms with Gasteiger partial charge in [-0.3, -0.25) is 4.90 Å². The molecule has 1 heterocycles. The zero-order chi connectivity index (χ0) is 20.7. The molecule has 1 unspecified atom stereocenters. The lowest BCUT2D eigenvalue weighted by atomic mass is 10.1. The summed E-state index contributed by atoms with van der Waals surface area (Å²) in [6.07, 6.45) is 1.64. The van der Waals surface area contributed by atoms with Crippen molar-refractivity contribution in [1.82, 2.24) is 9.62 Å². The van der Waals surface area contributed by atoms with Gasteiger partial charge in [0.25, 0.3) is 0 Å². The second-order valence-electron chi connectivity index (χ2n) is 6.97. The Kier molecular flexibility index (Phi) is 7.60. The smallest absolute Gasteiger partial charge is 0.240 e. The quantitative estimate of drug-likeness (QED) is 0.630. The van der Waals surface area contributed by atoms with E-state index in [9.17, 15) is 12.8 Å². The average molecular weight is 423 g/mol. The number of hydrogen-bond donors (Lipinski definition) is 1. The maximum atomic E-state index is 13.8. The fourth-order valence-electron chi connectivity index (χ4n) is 3.34. The van der Waals surface area contributed by atoms with E-state index in [0.29, 0.717) is 19.6 Å². The second kappa shape index (κ2) is 10.2. The molecule has 6 nitrogen and oxygen atoms in total. The summed E-state index contributed by atoms with van der Waals surface area (Å²) in [5.41, 5.74) is 1.18. The number of morpholine rings is 1. The summed E-state index contributed by atoms with van der Waals surface area (Å²) in [7, 11) is -2.40. The molecule has 1 N–H and O–H groups in total. The van der Waals surface area contributed by atoms with E-state index in [1.807, 2.05) is 18.2 Å². The number of hydrogen-bond acceptors (Lipinski definition) is 5. The Morgan fingerprint density at radius 1 is 1.21 bits per heavy atom. The van der Waals surface area contributed by atoms with E-state index in [4.69, 9.17) is 9.47 Å². The minimum absolute atomic E-state index is 0.0169. The fourth-order valence-corrected chi connectivity index (χ4v) is 4.43. The van der Waals surface area contributed by atoms with E-state index >= 15 is 0 Å². The first kappa shape index (κ1) is 21.7. The Labute approximate surface area is 171 Å². The van der Waals surface area contributed by atoms with E-state index in [2.05, 4.69) is 21.8 Å². The number of unbranched alkanes of at least 4 members (excludes halogenated alkanes) is 1. The summed E-state index contributed by atoms with van der Waals surface area (Å²) in [5.74, 6) is -0.682. The molecular weight excluding hydrogens is 395 g/mol. The van der Waals surface area contributed by atoms with Crippen LogP contribution in [-0.4, -0.2) is 53.2 Å². The second-order valence-corrected chi connectivity index (χ2v) is 8.74.